The van der Waals surface area contributed by atoms with Crippen molar-refractivity contribution in [2.24, 2.45) is 5.73 Å². The fourth-order valence-corrected chi connectivity index (χ4v) is 3.70. The molecule has 0 bridgehead atoms. The van der Waals surface area contributed by atoms with Crippen LogP contribution in [0.15, 0.2) is 30.3 Å². The van der Waals surface area contributed by atoms with Gasteiger partial charge in [-0.3, -0.25) is 9.48 Å². The van der Waals surface area contributed by atoms with E-state index >= 15 is 0 Å². The minimum Gasteiger partial charge on any atom is -0.345 e. The van der Waals surface area contributed by atoms with E-state index in [0.717, 1.165) is 21.5 Å². The third-order valence-electron chi connectivity index (χ3n) is 4.04. The van der Waals surface area contributed by atoms with Gasteiger partial charge in [0.1, 0.15) is 4.83 Å². The first-order valence-electron chi connectivity index (χ1n) is 8.03. The van der Waals surface area contributed by atoms with Gasteiger partial charge in [0.2, 0.25) is 0 Å². The maximum atomic E-state index is 12.5. The van der Waals surface area contributed by atoms with Crippen molar-refractivity contribution in [1.29, 1.82) is 0 Å². The molecular weight excluding hydrogens is 356 g/mol. The maximum absolute atomic E-state index is 12.5. The lowest BCUT2D eigenvalue weighted by Crippen LogP contribution is -2.48. The van der Waals surface area contributed by atoms with Crippen LogP contribution in [0.2, 0.25) is 5.02 Å². The Kier molecular flexibility index (Phi) is 4.86. The highest BCUT2D eigenvalue weighted by Crippen LogP contribution is 2.29. The summed E-state index contributed by atoms with van der Waals surface area (Å²) < 4.78 is 1.93. The van der Waals surface area contributed by atoms with E-state index in [4.69, 9.17) is 17.3 Å². The first-order chi connectivity index (χ1) is 11.8. The van der Waals surface area contributed by atoms with Gasteiger partial charge in [-0.25, -0.2) is 0 Å². The number of hydrogen-bond donors (Lipinski definition) is 2. The van der Waals surface area contributed by atoms with Crippen LogP contribution in [0.25, 0.3) is 10.2 Å². The van der Waals surface area contributed by atoms with Crippen molar-refractivity contribution in [3.05, 3.63) is 51.5 Å². The third-order valence-corrected chi connectivity index (χ3v) is 5.44. The van der Waals surface area contributed by atoms with Gasteiger partial charge in [0.15, 0.2) is 0 Å². The average Bonchev–Trinajstić information content (AvgIpc) is 3.11. The predicted molar refractivity (Wildman–Crippen MR) is 104 cm³/mol. The molecule has 0 fully saturated rings. The van der Waals surface area contributed by atoms with Crippen LogP contribution in [-0.2, 0) is 6.54 Å². The number of nitrogens with zero attached hydrogens (tertiary/aromatic N) is 2. The Morgan fingerprint density at radius 2 is 2.04 bits per heavy atom. The Morgan fingerprint density at radius 3 is 2.68 bits per heavy atom. The molecular formula is C18H21ClN4OS. The number of hydrogen-bond acceptors (Lipinski definition) is 4. The number of aryl methyl sites for hydroxylation is 1. The monoisotopic (exact) mass is 376 g/mol. The summed E-state index contributed by atoms with van der Waals surface area (Å²) in [5, 5.41) is 9.29. The molecule has 0 saturated heterocycles. The molecule has 0 aliphatic heterocycles. The molecule has 3 aromatic rings. The number of thiophene rings is 1. The summed E-state index contributed by atoms with van der Waals surface area (Å²) >= 11 is 7.39. The van der Waals surface area contributed by atoms with Gasteiger partial charge in [0.25, 0.3) is 5.91 Å². The highest BCUT2D eigenvalue weighted by molar-refractivity contribution is 7.20. The summed E-state index contributed by atoms with van der Waals surface area (Å²) in [6.45, 7) is 6.79. The second-order valence-corrected chi connectivity index (χ2v) is 8.21. The predicted octanol–water partition coefficient (Wildman–Crippen LogP) is 3.58. The fraction of sp³-hybridized carbons (Fsp3) is 0.333. The molecule has 3 rings (SSSR count). The number of fused-ring (bicyclic) bond motifs is 1. The second-order valence-electron chi connectivity index (χ2n) is 6.74. The quantitative estimate of drug-likeness (QED) is 0.714. The van der Waals surface area contributed by atoms with Crippen molar-refractivity contribution in [2.75, 3.05) is 6.54 Å². The molecule has 0 aliphatic carbocycles. The van der Waals surface area contributed by atoms with Crippen LogP contribution < -0.4 is 11.1 Å². The van der Waals surface area contributed by atoms with Crippen LogP contribution in [0, 0.1) is 6.92 Å². The molecule has 5 nitrogen and oxygen atoms in total. The van der Waals surface area contributed by atoms with Gasteiger partial charge in [-0.1, -0.05) is 23.7 Å². The Balaban J connectivity index is 1.90. The zero-order valence-corrected chi connectivity index (χ0v) is 16.0. The minimum atomic E-state index is -0.433. The molecule has 0 unspecified atom stereocenters. The lowest BCUT2D eigenvalue weighted by molar-refractivity contribution is 0.0920. The van der Waals surface area contributed by atoms with E-state index in [2.05, 4.69) is 10.4 Å². The summed E-state index contributed by atoms with van der Waals surface area (Å²) in [6, 6.07) is 9.61. The molecule has 1 amide bonds. The number of nitrogens with one attached hydrogen (secondary N) is 1. The number of rotatable bonds is 5. The van der Waals surface area contributed by atoms with Gasteiger partial charge in [0, 0.05) is 22.5 Å². The van der Waals surface area contributed by atoms with E-state index in [1.54, 1.807) is 0 Å². The Morgan fingerprint density at radius 1 is 1.36 bits per heavy atom. The molecule has 0 aliphatic rings. The van der Waals surface area contributed by atoms with E-state index in [1.807, 2.05) is 55.8 Å². The summed E-state index contributed by atoms with van der Waals surface area (Å²) in [4.78, 5) is 14.2. The molecule has 0 atom stereocenters. The second kappa shape index (κ2) is 6.78. The van der Waals surface area contributed by atoms with E-state index < -0.39 is 5.54 Å². The summed E-state index contributed by atoms with van der Waals surface area (Å²) in [6.07, 6.45) is 0. The summed E-state index contributed by atoms with van der Waals surface area (Å²) in [5.74, 6) is -0.103. The number of aromatic nitrogens is 2. The molecule has 7 heteroatoms. The smallest absolute Gasteiger partial charge is 0.261 e. The SMILES string of the molecule is Cc1nn(Cc2ccc(Cl)cc2)c2sc(C(=O)NC(C)(C)CN)cc12. The standard InChI is InChI=1S/C18H21ClN4OS/c1-11-14-8-15(16(24)21-18(2,3)10-20)25-17(14)23(22-11)9-12-4-6-13(19)7-5-12/h4-8H,9-10,20H2,1-3H3,(H,21,24). The van der Waals surface area contributed by atoms with Gasteiger partial charge in [-0.15, -0.1) is 11.3 Å². The van der Waals surface area contributed by atoms with Gasteiger partial charge in [-0.2, -0.15) is 5.10 Å². The summed E-state index contributed by atoms with van der Waals surface area (Å²) in [7, 11) is 0. The number of amides is 1. The van der Waals surface area contributed by atoms with Crippen LogP contribution in [0.1, 0.15) is 34.8 Å². The molecule has 0 radical (unpaired) electrons. The normalized spacial score (nSPS) is 11.9. The topological polar surface area (TPSA) is 72.9 Å². The van der Waals surface area contributed by atoms with E-state index in [1.165, 1.54) is 11.3 Å². The van der Waals surface area contributed by atoms with Gasteiger partial charge >= 0.3 is 0 Å². The molecule has 1 aromatic carbocycles. The number of carbonyl (C=O) groups is 1. The van der Waals surface area contributed by atoms with E-state index in [-0.39, 0.29) is 5.91 Å². The van der Waals surface area contributed by atoms with Gasteiger partial charge < -0.3 is 11.1 Å². The molecule has 2 aromatic heterocycles. The molecule has 132 valence electrons. The molecule has 0 spiro atoms. The molecule has 25 heavy (non-hydrogen) atoms. The lowest BCUT2D eigenvalue weighted by Gasteiger charge is -2.23. The largest absolute Gasteiger partial charge is 0.345 e. The number of benzene rings is 1. The van der Waals surface area contributed by atoms with Crippen LogP contribution in [0.4, 0.5) is 0 Å². The van der Waals surface area contributed by atoms with Crippen LogP contribution >= 0.6 is 22.9 Å². The molecule has 0 saturated carbocycles. The number of nitrogens with two attached hydrogens (primary N) is 1. The molecule has 2 heterocycles. The minimum absolute atomic E-state index is 0.103. The summed E-state index contributed by atoms with van der Waals surface area (Å²) in [5.41, 5.74) is 7.29. The Bertz CT molecular complexity index is 911. The number of halogens is 1. The third kappa shape index (κ3) is 3.86. The van der Waals surface area contributed by atoms with E-state index in [0.29, 0.717) is 23.0 Å². The Labute approximate surface area is 155 Å². The van der Waals surface area contributed by atoms with Crippen LogP contribution in [0.3, 0.4) is 0 Å². The van der Waals surface area contributed by atoms with Crippen molar-refractivity contribution in [3.63, 3.8) is 0 Å². The average molecular weight is 377 g/mol. The van der Waals surface area contributed by atoms with Crippen LogP contribution in [0.5, 0.6) is 0 Å². The highest BCUT2D eigenvalue weighted by Gasteiger charge is 2.22. The highest BCUT2D eigenvalue weighted by atomic mass is 35.5. The zero-order valence-electron chi connectivity index (χ0n) is 14.5. The van der Waals surface area contributed by atoms with Crippen molar-refractivity contribution < 1.29 is 4.79 Å². The van der Waals surface area contributed by atoms with Gasteiger partial charge in [0.05, 0.1) is 17.1 Å². The molecule has 3 N–H and O–H groups in total. The van der Waals surface area contributed by atoms with E-state index in [9.17, 15) is 4.79 Å². The lowest BCUT2D eigenvalue weighted by atomic mass is 10.1. The van der Waals surface area contributed by atoms with Crippen molar-refractivity contribution in [1.82, 2.24) is 15.1 Å². The fourth-order valence-electron chi connectivity index (χ4n) is 2.51. The van der Waals surface area contributed by atoms with Gasteiger partial charge in [-0.05, 0) is 44.5 Å². The zero-order chi connectivity index (χ0) is 18.2. The number of carbonyl (C=O) groups excluding carboxylic acids is 1. The Hall–Kier alpha value is -1.89. The van der Waals surface area contributed by atoms with Crippen molar-refractivity contribution in [3.8, 4) is 0 Å². The maximum Gasteiger partial charge on any atom is 0.261 e. The first-order valence-corrected chi connectivity index (χ1v) is 9.22. The van der Waals surface area contributed by atoms with Crippen molar-refractivity contribution in [2.45, 2.75) is 32.9 Å². The van der Waals surface area contributed by atoms with Crippen LogP contribution in [-0.4, -0.2) is 27.8 Å². The first kappa shape index (κ1) is 17.9. The van der Waals surface area contributed by atoms with Crippen molar-refractivity contribution >= 4 is 39.1 Å².